The molecule has 0 aliphatic carbocycles. The van der Waals surface area contributed by atoms with Crippen LogP contribution in [0.5, 0.6) is 17.2 Å². The summed E-state index contributed by atoms with van der Waals surface area (Å²) in [5, 5.41) is 0. The van der Waals surface area contributed by atoms with Gasteiger partial charge in [-0.1, -0.05) is 32.9 Å². The fourth-order valence-corrected chi connectivity index (χ4v) is 10.2. The zero-order valence-electron chi connectivity index (χ0n) is 33.2. The van der Waals surface area contributed by atoms with Gasteiger partial charge in [0.15, 0.2) is 5.75 Å². The first-order chi connectivity index (χ1) is 26.7. The predicted molar refractivity (Wildman–Crippen MR) is 253 cm³/mol. The Labute approximate surface area is 387 Å². The Balaban J connectivity index is 1.46. The first-order valence-electron chi connectivity index (χ1n) is 19.2. The second-order valence-corrected chi connectivity index (χ2v) is 18.4. The van der Waals surface area contributed by atoms with Crippen molar-refractivity contribution in [3.8, 4) is 17.2 Å². The van der Waals surface area contributed by atoms with Crippen molar-refractivity contribution in [2.24, 2.45) is 5.41 Å². The standard InChI is InChI=1S/C43H54I4O9/c1-7-21-51-24-20-29-12-16-32(17-13-29)56-43(6,9-3)42(5,8-2)41(50)55-40-35(46)27-31(28-36(40)47)15-19-38(49)54-23-11-22-53-37(48)18-14-30-25-33(44)39(52-10-4)34(45)26-30/h12-13,16-17,25-28H,7-11,14-15,18-24H2,1-6H3. The van der Waals surface area contributed by atoms with Crippen LogP contribution in [0, 0.1) is 19.7 Å². The third-order valence-corrected chi connectivity index (χ3v) is 13.0. The van der Waals surface area contributed by atoms with Crippen LogP contribution in [-0.4, -0.2) is 56.5 Å². The molecule has 308 valence electrons. The van der Waals surface area contributed by atoms with Crippen LogP contribution in [-0.2, 0) is 47.9 Å². The van der Waals surface area contributed by atoms with Gasteiger partial charge in [-0.25, -0.2) is 0 Å². The van der Waals surface area contributed by atoms with Crippen LogP contribution in [0.25, 0.3) is 0 Å². The van der Waals surface area contributed by atoms with Crippen LogP contribution in [0.3, 0.4) is 0 Å². The van der Waals surface area contributed by atoms with Crippen molar-refractivity contribution in [2.45, 2.75) is 105 Å². The molecule has 3 aromatic rings. The van der Waals surface area contributed by atoms with E-state index in [-0.39, 0.29) is 44.0 Å². The fraction of sp³-hybridized carbons (Fsp3) is 0.512. The molecule has 0 radical (unpaired) electrons. The van der Waals surface area contributed by atoms with Crippen LogP contribution in [0.2, 0.25) is 0 Å². The van der Waals surface area contributed by atoms with Crippen molar-refractivity contribution >= 4 is 108 Å². The molecule has 0 spiro atoms. The summed E-state index contributed by atoms with van der Waals surface area (Å²) < 4.78 is 38.4. The van der Waals surface area contributed by atoms with E-state index >= 15 is 0 Å². The van der Waals surface area contributed by atoms with Gasteiger partial charge in [0.1, 0.15) is 22.5 Å². The van der Waals surface area contributed by atoms with Crippen LogP contribution in [0.4, 0.5) is 0 Å². The monoisotopic (exact) mass is 1220 g/mol. The molecule has 13 heteroatoms. The van der Waals surface area contributed by atoms with Crippen molar-refractivity contribution in [1.82, 2.24) is 0 Å². The highest BCUT2D eigenvalue weighted by Crippen LogP contribution is 2.43. The minimum Gasteiger partial charge on any atom is -0.492 e. The number of carbonyl (C=O) groups excluding carboxylic acids is 3. The Morgan fingerprint density at radius 2 is 1.14 bits per heavy atom. The van der Waals surface area contributed by atoms with Crippen molar-refractivity contribution in [3.63, 3.8) is 0 Å². The van der Waals surface area contributed by atoms with E-state index in [1.807, 2.05) is 83.1 Å². The third kappa shape index (κ3) is 14.7. The number of rotatable bonds is 24. The molecule has 0 saturated carbocycles. The number of esters is 3. The van der Waals surface area contributed by atoms with Crippen LogP contribution in [0.15, 0.2) is 48.5 Å². The molecule has 0 aliphatic rings. The molecule has 3 rings (SSSR count). The maximum absolute atomic E-state index is 14.0. The number of carbonyl (C=O) groups is 3. The van der Waals surface area contributed by atoms with Crippen molar-refractivity contribution < 1.29 is 42.8 Å². The summed E-state index contributed by atoms with van der Waals surface area (Å²) in [6, 6.07) is 15.9. The van der Waals surface area contributed by atoms with Gasteiger partial charge < -0.3 is 28.4 Å². The van der Waals surface area contributed by atoms with Crippen molar-refractivity contribution in [1.29, 1.82) is 0 Å². The van der Waals surface area contributed by atoms with Gasteiger partial charge in [0.05, 0.1) is 40.7 Å². The molecule has 0 amide bonds. The van der Waals surface area contributed by atoms with Gasteiger partial charge in [-0.2, -0.15) is 0 Å². The average molecular weight is 1220 g/mol. The molecular formula is C43H54I4O9. The molecule has 3 aromatic carbocycles. The first-order valence-corrected chi connectivity index (χ1v) is 23.5. The lowest BCUT2D eigenvalue weighted by atomic mass is 9.70. The normalized spacial score (nSPS) is 13.3. The number of halogens is 4. The Hall–Kier alpha value is -1.45. The maximum atomic E-state index is 14.0. The van der Waals surface area contributed by atoms with Crippen LogP contribution in [0.1, 0.15) is 96.8 Å². The van der Waals surface area contributed by atoms with Gasteiger partial charge in [0, 0.05) is 25.9 Å². The van der Waals surface area contributed by atoms with E-state index in [0.29, 0.717) is 56.8 Å². The Kier molecular flexibility index (Phi) is 21.5. The van der Waals surface area contributed by atoms with Crippen molar-refractivity contribution in [2.75, 3.05) is 33.0 Å². The Morgan fingerprint density at radius 1 is 0.625 bits per heavy atom. The number of ether oxygens (including phenoxy) is 6. The highest BCUT2D eigenvalue weighted by molar-refractivity contribution is 14.1. The number of hydrogen-bond acceptors (Lipinski definition) is 9. The largest absolute Gasteiger partial charge is 0.492 e. The van der Waals surface area contributed by atoms with Crippen LogP contribution >= 0.6 is 90.4 Å². The van der Waals surface area contributed by atoms with Gasteiger partial charge >= 0.3 is 17.9 Å². The third-order valence-electron chi connectivity index (χ3n) is 9.80. The SMILES string of the molecule is CCCOCCc1ccc(OC(C)(CC)C(C)(CC)C(=O)Oc2c(I)cc(CCC(=O)OCCCOC(=O)CCc3cc(I)c(OCC)c(I)c3)cc2I)cc1. The summed E-state index contributed by atoms with van der Waals surface area (Å²) >= 11 is 8.85. The zero-order valence-corrected chi connectivity index (χ0v) is 41.8. The van der Waals surface area contributed by atoms with Crippen molar-refractivity contribution in [3.05, 3.63) is 79.5 Å². The summed E-state index contributed by atoms with van der Waals surface area (Å²) in [5.41, 5.74) is 1.37. The fourth-order valence-electron chi connectivity index (χ4n) is 5.90. The molecule has 0 aromatic heterocycles. The molecule has 0 aliphatic heterocycles. The molecule has 0 saturated heterocycles. The van der Waals surface area contributed by atoms with Crippen LogP contribution < -0.4 is 14.2 Å². The molecule has 0 N–H and O–H groups in total. The van der Waals surface area contributed by atoms with E-state index < -0.39 is 11.0 Å². The lowest BCUT2D eigenvalue weighted by Gasteiger charge is -2.43. The molecule has 0 bridgehead atoms. The van der Waals surface area contributed by atoms with E-state index in [9.17, 15) is 14.4 Å². The first kappa shape index (κ1) is 48.9. The summed E-state index contributed by atoms with van der Waals surface area (Å²) in [6.45, 7) is 14.3. The lowest BCUT2D eigenvalue weighted by molar-refractivity contribution is -0.160. The topological polar surface area (TPSA) is 107 Å². The highest BCUT2D eigenvalue weighted by atomic mass is 127. The average Bonchev–Trinajstić information content (AvgIpc) is 3.17. The van der Waals surface area contributed by atoms with E-state index in [0.717, 1.165) is 50.6 Å². The molecule has 2 atom stereocenters. The van der Waals surface area contributed by atoms with Gasteiger partial charge in [0.25, 0.3) is 0 Å². The second-order valence-electron chi connectivity index (χ2n) is 13.8. The number of hydrogen-bond donors (Lipinski definition) is 0. The van der Waals surface area contributed by atoms with Gasteiger partial charge in [0.2, 0.25) is 0 Å². The van der Waals surface area contributed by atoms with E-state index in [1.54, 1.807) is 0 Å². The Morgan fingerprint density at radius 3 is 1.61 bits per heavy atom. The molecule has 56 heavy (non-hydrogen) atoms. The van der Waals surface area contributed by atoms with E-state index in [2.05, 4.69) is 97.3 Å². The molecule has 2 unspecified atom stereocenters. The van der Waals surface area contributed by atoms with E-state index in [1.165, 1.54) is 5.56 Å². The molecule has 0 fully saturated rings. The summed E-state index contributed by atoms with van der Waals surface area (Å²) in [7, 11) is 0. The molecule has 9 nitrogen and oxygen atoms in total. The van der Waals surface area contributed by atoms with Gasteiger partial charge in [-0.05, 0) is 203 Å². The summed E-state index contributed by atoms with van der Waals surface area (Å²) in [5.74, 6) is 1.09. The lowest BCUT2D eigenvalue weighted by Crippen LogP contribution is -2.54. The van der Waals surface area contributed by atoms with Gasteiger partial charge in [-0.15, -0.1) is 0 Å². The zero-order chi connectivity index (χ0) is 41.3. The number of aryl methyl sites for hydroxylation is 2. The molecule has 0 heterocycles. The predicted octanol–water partition coefficient (Wildman–Crippen LogP) is 11.1. The number of benzene rings is 3. The summed E-state index contributed by atoms with van der Waals surface area (Å²) in [6.07, 6.45) is 4.87. The minimum atomic E-state index is -0.948. The maximum Gasteiger partial charge on any atom is 0.321 e. The quantitative estimate of drug-likeness (QED) is 0.0375. The molecular weight excluding hydrogens is 1170 g/mol. The van der Waals surface area contributed by atoms with E-state index in [4.69, 9.17) is 28.4 Å². The second kappa shape index (κ2) is 24.6. The Bertz CT molecular complexity index is 1700. The summed E-state index contributed by atoms with van der Waals surface area (Å²) in [4.78, 5) is 38.8. The smallest absolute Gasteiger partial charge is 0.321 e. The highest BCUT2D eigenvalue weighted by Gasteiger charge is 2.51. The van der Waals surface area contributed by atoms with Gasteiger partial charge in [-0.3, -0.25) is 14.4 Å². The minimum absolute atomic E-state index is 0.168.